The lowest BCUT2D eigenvalue weighted by Gasteiger charge is -2.29. The highest BCUT2D eigenvalue weighted by molar-refractivity contribution is 8.00. The van der Waals surface area contributed by atoms with Crippen molar-refractivity contribution in [1.82, 2.24) is 0 Å². The van der Waals surface area contributed by atoms with Gasteiger partial charge < -0.3 is 0 Å². The molecule has 3 rings (SSSR count). The summed E-state index contributed by atoms with van der Waals surface area (Å²) < 4.78 is 0. The predicted octanol–water partition coefficient (Wildman–Crippen LogP) is 4.39. The highest BCUT2D eigenvalue weighted by Crippen LogP contribution is 2.37. The first-order chi connectivity index (χ1) is 9.72. The smallest absolute Gasteiger partial charge is 0.143 e. The Morgan fingerprint density at radius 1 is 1.20 bits per heavy atom. The van der Waals surface area contributed by atoms with Crippen molar-refractivity contribution in [3.63, 3.8) is 0 Å². The number of fused-ring (bicyclic) bond motifs is 1. The summed E-state index contributed by atoms with van der Waals surface area (Å²) in [5, 5.41) is 0. The molecule has 0 aromatic heterocycles. The summed E-state index contributed by atoms with van der Waals surface area (Å²) in [5.74, 6) is 1.40. The zero-order valence-corrected chi connectivity index (χ0v) is 12.5. The van der Waals surface area contributed by atoms with E-state index in [0.29, 0.717) is 23.9 Å². The molecule has 1 nitrogen and oxygen atoms in total. The maximum atomic E-state index is 12.1. The standard InChI is InChI=1S/C18H18OS/c1-13-5-4-7-17(9-13)20-12-16(19)11-15-10-14-6-2-3-8-18(14)15/h2-9,15H,10-12H2,1H3. The number of ketones is 1. The molecule has 0 bridgehead atoms. The topological polar surface area (TPSA) is 17.1 Å². The van der Waals surface area contributed by atoms with Gasteiger partial charge in [-0.1, -0.05) is 42.0 Å². The van der Waals surface area contributed by atoms with E-state index in [-0.39, 0.29) is 0 Å². The predicted molar refractivity (Wildman–Crippen MR) is 84.4 cm³/mol. The third kappa shape index (κ3) is 2.96. The SMILES string of the molecule is Cc1cccc(SCC(=O)CC2Cc3ccccc32)c1. The fraction of sp³-hybridized carbons (Fsp3) is 0.278. The lowest BCUT2D eigenvalue weighted by Crippen LogP contribution is -2.20. The lowest BCUT2D eigenvalue weighted by molar-refractivity contribution is -0.117. The van der Waals surface area contributed by atoms with Gasteiger partial charge in [-0.25, -0.2) is 0 Å². The minimum atomic E-state index is 0.357. The van der Waals surface area contributed by atoms with Crippen LogP contribution in [0.5, 0.6) is 0 Å². The van der Waals surface area contributed by atoms with Crippen LogP contribution in [-0.2, 0) is 11.2 Å². The van der Waals surface area contributed by atoms with Crippen LogP contribution >= 0.6 is 11.8 Å². The lowest BCUT2D eigenvalue weighted by atomic mass is 9.75. The summed E-state index contributed by atoms with van der Waals surface area (Å²) in [6, 6.07) is 16.8. The molecule has 0 heterocycles. The summed E-state index contributed by atoms with van der Waals surface area (Å²) in [4.78, 5) is 13.3. The summed E-state index contributed by atoms with van der Waals surface area (Å²) in [5.41, 5.74) is 4.04. The summed E-state index contributed by atoms with van der Waals surface area (Å²) in [6.45, 7) is 2.08. The first-order valence-electron chi connectivity index (χ1n) is 7.01. The fourth-order valence-corrected chi connectivity index (χ4v) is 3.64. The van der Waals surface area contributed by atoms with E-state index in [1.165, 1.54) is 21.6 Å². The normalized spacial score (nSPS) is 16.4. The van der Waals surface area contributed by atoms with E-state index >= 15 is 0 Å². The molecule has 2 aromatic rings. The van der Waals surface area contributed by atoms with E-state index in [1.807, 2.05) is 6.07 Å². The number of rotatable bonds is 5. The number of carbonyl (C=O) groups is 1. The summed E-state index contributed by atoms with van der Waals surface area (Å²) in [7, 11) is 0. The Morgan fingerprint density at radius 2 is 2.05 bits per heavy atom. The Labute approximate surface area is 124 Å². The Bertz CT molecular complexity index is 633. The van der Waals surface area contributed by atoms with Gasteiger partial charge in [0.05, 0.1) is 5.75 Å². The van der Waals surface area contributed by atoms with Crippen molar-refractivity contribution >= 4 is 17.5 Å². The van der Waals surface area contributed by atoms with Crippen LogP contribution in [0.4, 0.5) is 0 Å². The minimum absolute atomic E-state index is 0.357. The van der Waals surface area contributed by atoms with Gasteiger partial charge in [0.25, 0.3) is 0 Å². The Balaban J connectivity index is 1.52. The molecule has 0 radical (unpaired) electrons. The molecule has 102 valence electrons. The van der Waals surface area contributed by atoms with Gasteiger partial charge in [-0.15, -0.1) is 11.8 Å². The third-order valence-corrected chi connectivity index (χ3v) is 4.88. The van der Waals surface area contributed by atoms with Gasteiger partial charge in [-0.3, -0.25) is 4.79 Å². The molecule has 1 aliphatic carbocycles. The zero-order valence-electron chi connectivity index (χ0n) is 11.6. The van der Waals surface area contributed by atoms with Crippen molar-refractivity contribution in [3.05, 3.63) is 65.2 Å². The fourth-order valence-electron chi connectivity index (χ4n) is 2.75. The number of carbonyl (C=O) groups excluding carboxylic acids is 1. The number of hydrogen-bond acceptors (Lipinski definition) is 2. The Kier molecular flexibility index (Phi) is 3.93. The van der Waals surface area contributed by atoms with E-state index in [9.17, 15) is 4.79 Å². The molecule has 1 atom stereocenters. The molecular formula is C18H18OS. The van der Waals surface area contributed by atoms with Crippen molar-refractivity contribution < 1.29 is 4.79 Å². The van der Waals surface area contributed by atoms with Crippen LogP contribution in [0.2, 0.25) is 0 Å². The number of thioether (sulfide) groups is 1. The first-order valence-corrected chi connectivity index (χ1v) is 8.00. The van der Waals surface area contributed by atoms with Crippen LogP contribution in [-0.4, -0.2) is 11.5 Å². The Morgan fingerprint density at radius 3 is 2.85 bits per heavy atom. The minimum Gasteiger partial charge on any atom is -0.299 e. The number of benzene rings is 2. The van der Waals surface area contributed by atoms with Gasteiger partial charge in [-0.2, -0.15) is 0 Å². The average Bonchev–Trinajstić information content (AvgIpc) is 2.43. The highest BCUT2D eigenvalue weighted by Gasteiger charge is 2.27. The summed E-state index contributed by atoms with van der Waals surface area (Å²) >= 11 is 1.65. The molecule has 1 unspecified atom stereocenters. The van der Waals surface area contributed by atoms with Gasteiger partial charge in [-0.05, 0) is 42.5 Å². The molecule has 20 heavy (non-hydrogen) atoms. The molecule has 0 saturated heterocycles. The second-order valence-corrected chi connectivity index (χ2v) is 6.50. The van der Waals surface area contributed by atoms with Crippen LogP contribution in [0.3, 0.4) is 0 Å². The van der Waals surface area contributed by atoms with Crippen LogP contribution in [0.1, 0.15) is 29.0 Å². The molecule has 0 amide bonds. The van der Waals surface area contributed by atoms with Gasteiger partial charge in [0.15, 0.2) is 0 Å². The van der Waals surface area contributed by atoms with E-state index < -0.39 is 0 Å². The first kappa shape index (κ1) is 13.4. The second kappa shape index (κ2) is 5.84. The molecule has 0 fully saturated rings. The molecule has 0 saturated carbocycles. The number of aryl methyl sites for hydroxylation is 1. The highest BCUT2D eigenvalue weighted by atomic mass is 32.2. The van der Waals surface area contributed by atoms with Gasteiger partial charge >= 0.3 is 0 Å². The van der Waals surface area contributed by atoms with Gasteiger partial charge in [0.2, 0.25) is 0 Å². The van der Waals surface area contributed by atoms with Crippen LogP contribution in [0.15, 0.2) is 53.4 Å². The molecule has 0 aliphatic heterocycles. The van der Waals surface area contributed by atoms with Crippen LogP contribution < -0.4 is 0 Å². The molecule has 0 N–H and O–H groups in total. The third-order valence-electron chi connectivity index (χ3n) is 3.82. The zero-order chi connectivity index (χ0) is 13.9. The van der Waals surface area contributed by atoms with Crippen LogP contribution in [0.25, 0.3) is 0 Å². The van der Waals surface area contributed by atoms with E-state index in [1.54, 1.807) is 11.8 Å². The van der Waals surface area contributed by atoms with Gasteiger partial charge in [0, 0.05) is 11.3 Å². The van der Waals surface area contributed by atoms with E-state index in [4.69, 9.17) is 0 Å². The molecular weight excluding hydrogens is 264 g/mol. The quantitative estimate of drug-likeness (QED) is 0.757. The molecule has 2 aromatic carbocycles. The van der Waals surface area contributed by atoms with E-state index in [0.717, 1.165) is 6.42 Å². The maximum absolute atomic E-state index is 12.1. The molecule has 1 aliphatic rings. The van der Waals surface area contributed by atoms with Crippen molar-refractivity contribution in [3.8, 4) is 0 Å². The largest absolute Gasteiger partial charge is 0.299 e. The van der Waals surface area contributed by atoms with Crippen LogP contribution in [0, 0.1) is 6.92 Å². The van der Waals surface area contributed by atoms with Crippen molar-refractivity contribution in [2.75, 3.05) is 5.75 Å². The molecule has 2 heteroatoms. The van der Waals surface area contributed by atoms with Crippen molar-refractivity contribution in [2.24, 2.45) is 0 Å². The Hall–Kier alpha value is -1.54. The number of hydrogen-bond donors (Lipinski definition) is 0. The van der Waals surface area contributed by atoms with Crippen molar-refractivity contribution in [1.29, 1.82) is 0 Å². The van der Waals surface area contributed by atoms with Gasteiger partial charge in [0.1, 0.15) is 5.78 Å². The monoisotopic (exact) mass is 282 g/mol. The average molecular weight is 282 g/mol. The maximum Gasteiger partial charge on any atom is 0.143 e. The second-order valence-electron chi connectivity index (χ2n) is 5.45. The van der Waals surface area contributed by atoms with E-state index in [2.05, 4.69) is 49.4 Å². The number of Topliss-reactive ketones (excluding diaryl/α,β-unsaturated/α-hetero) is 1. The molecule has 0 spiro atoms. The van der Waals surface area contributed by atoms with Crippen molar-refractivity contribution in [2.45, 2.75) is 30.6 Å². The summed E-state index contributed by atoms with van der Waals surface area (Å²) in [6.07, 6.45) is 1.76.